The van der Waals surface area contributed by atoms with Gasteiger partial charge in [-0.2, -0.15) is 4.98 Å². The first-order valence-corrected chi connectivity index (χ1v) is 12.3. The summed E-state index contributed by atoms with van der Waals surface area (Å²) in [5, 5.41) is 13.1. The molecule has 0 saturated carbocycles. The molecule has 2 aromatic carbocycles. The van der Waals surface area contributed by atoms with Crippen LogP contribution in [0.4, 0.5) is 11.4 Å². The molecule has 1 aliphatic heterocycles. The number of nitrogens with one attached hydrogen (secondary N) is 1. The zero-order chi connectivity index (χ0) is 22.3. The summed E-state index contributed by atoms with van der Waals surface area (Å²) in [5.41, 5.74) is 4.76. The van der Waals surface area contributed by atoms with Crippen molar-refractivity contribution in [1.29, 1.82) is 0 Å². The second kappa shape index (κ2) is 10.7. The molecule has 0 saturated heterocycles. The highest BCUT2D eigenvalue weighted by Crippen LogP contribution is 2.39. The van der Waals surface area contributed by atoms with Crippen LogP contribution >= 0.6 is 11.8 Å². The lowest BCUT2D eigenvalue weighted by Crippen LogP contribution is -2.17. The predicted molar refractivity (Wildman–Crippen MR) is 133 cm³/mol. The van der Waals surface area contributed by atoms with E-state index in [0.717, 1.165) is 34.7 Å². The molecule has 6 nitrogen and oxygen atoms in total. The lowest BCUT2D eigenvalue weighted by Gasteiger charge is -2.20. The van der Waals surface area contributed by atoms with Crippen molar-refractivity contribution in [2.75, 3.05) is 30.1 Å². The predicted octanol–water partition coefficient (Wildman–Crippen LogP) is 6.17. The van der Waals surface area contributed by atoms with E-state index in [-0.39, 0.29) is 6.23 Å². The van der Waals surface area contributed by atoms with Crippen molar-refractivity contribution in [2.24, 2.45) is 0 Å². The molecule has 32 heavy (non-hydrogen) atoms. The summed E-state index contributed by atoms with van der Waals surface area (Å²) < 4.78 is 6.37. The lowest BCUT2D eigenvalue weighted by molar-refractivity contribution is 0.225. The maximum atomic E-state index is 6.37. The van der Waals surface area contributed by atoms with Gasteiger partial charge in [-0.3, -0.25) is 0 Å². The molecular weight excluding hydrogens is 418 g/mol. The Morgan fingerprint density at radius 3 is 2.53 bits per heavy atom. The summed E-state index contributed by atoms with van der Waals surface area (Å²) in [4.78, 5) is 6.83. The Balaban J connectivity index is 1.56. The van der Waals surface area contributed by atoms with Gasteiger partial charge in [-0.25, -0.2) is 0 Å². The third-order valence-corrected chi connectivity index (χ3v) is 6.45. The van der Waals surface area contributed by atoms with Crippen molar-refractivity contribution in [3.63, 3.8) is 0 Å². The number of fused-ring (bicyclic) bond motifs is 3. The van der Waals surface area contributed by atoms with Crippen LogP contribution < -0.4 is 15.0 Å². The fourth-order valence-corrected chi connectivity index (χ4v) is 4.45. The lowest BCUT2D eigenvalue weighted by atomic mass is 10.1. The van der Waals surface area contributed by atoms with Crippen LogP contribution in [-0.4, -0.2) is 35.0 Å². The third kappa shape index (κ3) is 5.33. The van der Waals surface area contributed by atoms with Gasteiger partial charge in [0.2, 0.25) is 11.0 Å². The van der Waals surface area contributed by atoms with E-state index in [1.807, 2.05) is 38.4 Å². The number of aromatic nitrogens is 3. The molecule has 2 heterocycles. The molecule has 0 bridgehead atoms. The van der Waals surface area contributed by atoms with Crippen molar-refractivity contribution in [3.05, 3.63) is 54.1 Å². The van der Waals surface area contributed by atoms with E-state index in [1.54, 1.807) is 11.8 Å². The third-order valence-electron chi connectivity index (χ3n) is 5.52. The van der Waals surface area contributed by atoms with Gasteiger partial charge in [-0.1, -0.05) is 74.7 Å². The van der Waals surface area contributed by atoms with Gasteiger partial charge in [0.1, 0.15) is 0 Å². The Hall–Kier alpha value is -2.80. The van der Waals surface area contributed by atoms with Crippen LogP contribution in [0.25, 0.3) is 11.3 Å². The molecule has 1 atom stereocenters. The Labute approximate surface area is 194 Å². The maximum Gasteiger partial charge on any atom is 0.247 e. The standard InChI is InChI=1S/C25H31N5OS/c1-4-5-6-7-10-17-32-25-27-24-22(28-29-25)20-11-8-9-12-21(20)26-23(31-24)18-13-15-19(16-14-18)30(2)3/h8-9,11-16,23,26H,4-7,10,17H2,1-3H3. The number of nitrogens with zero attached hydrogens (tertiary/aromatic N) is 4. The number of rotatable bonds is 9. The average Bonchev–Trinajstić information content (AvgIpc) is 2.98. The minimum atomic E-state index is -0.364. The van der Waals surface area contributed by atoms with Crippen molar-refractivity contribution in [3.8, 4) is 17.1 Å². The molecule has 3 aromatic rings. The molecule has 1 N–H and O–H groups in total. The van der Waals surface area contributed by atoms with Crippen LogP contribution in [0, 0.1) is 0 Å². The molecule has 7 heteroatoms. The van der Waals surface area contributed by atoms with Crippen molar-refractivity contribution in [2.45, 2.75) is 50.4 Å². The minimum Gasteiger partial charge on any atom is -0.448 e. The Morgan fingerprint density at radius 2 is 1.75 bits per heavy atom. The summed E-state index contributed by atoms with van der Waals surface area (Å²) in [7, 11) is 4.07. The Kier molecular flexibility index (Phi) is 7.47. The number of thioether (sulfide) groups is 1. The van der Waals surface area contributed by atoms with Crippen molar-refractivity contribution >= 4 is 23.1 Å². The second-order valence-corrected chi connectivity index (χ2v) is 9.25. The highest BCUT2D eigenvalue weighted by atomic mass is 32.2. The number of ether oxygens (including phenoxy) is 1. The van der Waals surface area contributed by atoms with E-state index in [2.05, 4.69) is 51.6 Å². The fourth-order valence-electron chi connectivity index (χ4n) is 3.68. The molecule has 0 aliphatic carbocycles. The normalized spacial score (nSPS) is 14.5. The van der Waals surface area contributed by atoms with Gasteiger partial charge in [0.15, 0.2) is 11.9 Å². The molecule has 0 fully saturated rings. The maximum absolute atomic E-state index is 6.37. The van der Waals surface area contributed by atoms with E-state index >= 15 is 0 Å². The van der Waals surface area contributed by atoms with Crippen LogP contribution in [0.15, 0.2) is 53.7 Å². The van der Waals surface area contributed by atoms with Crippen LogP contribution in [0.5, 0.6) is 5.88 Å². The highest BCUT2D eigenvalue weighted by Gasteiger charge is 2.26. The summed E-state index contributed by atoms with van der Waals surface area (Å²) >= 11 is 1.65. The van der Waals surface area contributed by atoms with Crippen LogP contribution in [0.3, 0.4) is 0 Å². The average molecular weight is 450 g/mol. The van der Waals surface area contributed by atoms with E-state index in [4.69, 9.17) is 9.72 Å². The topological polar surface area (TPSA) is 63.2 Å². The van der Waals surface area contributed by atoms with Gasteiger partial charge < -0.3 is 15.0 Å². The largest absolute Gasteiger partial charge is 0.448 e. The van der Waals surface area contributed by atoms with Gasteiger partial charge in [0, 0.05) is 42.3 Å². The van der Waals surface area contributed by atoms with Gasteiger partial charge in [-0.05, 0) is 24.6 Å². The van der Waals surface area contributed by atoms with E-state index in [0.29, 0.717) is 16.7 Å². The quantitative estimate of drug-likeness (QED) is 0.309. The number of hydrogen-bond acceptors (Lipinski definition) is 7. The molecular formula is C25H31N5OS. The molecule has 1 aromatic heterocycles. The summed E-state index contributed by atoms with van der Waals surface area (Å²) in [5.74, 6) is 1.52. The molecule has 0 spiro atoms. The first-order chi connectivity index (χ1) is 15.7. The number of hydrogen-bond donors (Lipinski definition) is 1. The zero-order valence-corrected chi connectivity index (χ0v) is 19.9. The number of para-hydroxylation sites is 1. The molecule has 0 amide bonds. The van der Waals surface area contributed by atoms with Crippen molar-refractivity contribution in [1.82, 2.24) is 15.2 Å². The van der Waals surface area contributed by atoms with E-state index in [1.165, 1.54) is 25.7 Å². The monoisotopic (exact) mass is 449 g/mol. The van der Waals surface area contributed by atoms with Crippen LogP contribution in [0.1, 0.15) is 50.8 Å². The van der Waals surface area contributed by atoms with Gasteiger partial charge in [0.05, 0.1) is 0 Å². The number of unbranched alkanes of at least 4 members (excludes halogenated alkanes) is 4. The second-order valence-electron chi connectivity index (χ2n) is 8.18. The van der Waals surface area contributed by atoms with Gasteiger partial charge in [-0.15, -0.1) is 10.2 Å². The van der Waals surface area contributed by atoms with Gasteiger partial charge in [0.25, 0.3) is 0 Å². The first kappa shape index (κ1) is 22.4. The fraction of sp³-hybridized carbons (Fsp3) is 0.400. The number of benzene rings is 2. The minimum absolute atomic E-state index is 0.364. The molecule has 168 valence electrons. The SMILES string of the molecule is CCCCCCCSc1nnc2c(n1)OC(c1ccc(N(C)C)cc1)Nc1ccccc1-2. The molecule has 1 aliphatic rings. The van der Waals surface area contributed by atoms with E-state index in [9.17, 15) is 0 Å². The number of anilines is 2. The van der Waals surface area contributed by atoms with Crippen LogP contribution in [-0.2, 0) is 0 Å². The van der Waals surface area contributed by atoms with Crippen molar-refractivity contribution < 1.29 is 4.74 Å². The van der Waals surface area contributed by atoms with E-state index < -0.39 is 0 Å². The highest BCUT2D eigenvalue weighted by molar-refractivity contribution is 7.99. The van der Waals surface area contributed by atoms with Gasteiger partial charge >= 0.3 is 0 Å². The first-order valence-electron chi connectivity index (χ1n) is 11.3. The zero-order valence-electron chi connectivity index (χ0n) is 19.0. The Bertz CT molecular complexity index is 1030. The molecule has 4 rings (SSSR count). The summed E-state index contributed by atoms with van der Waals surface area (Å²) in [6.45, 7) is 2.24. The van der Waals surface area contributed by atoms with Crippen LogP contribution in [0.2, 0.25) is 0 Å². The summed E-state index contributed by atoms with van der Waals surface area (Å²) in [6, 6.07) is 16.4. The molecule has 1 unspecified atom stereocenters. The smallest absolute Gasteiger partial charge is 0.247 e. The Morgan fingerprint density at radius 1 is 0.969 bits per heavy atom. The summed E-state index contributed by atoms with van der Waals surface area (Å²) in [6.07, 6.45) is 5.91. The molecule has 0 radical (unpaired) electrons.